The Balaban J connectivity index is 2.19. The number of pyridine rings is 1. The molecule has 0 aliphatic carbocycles. The topological polar surface area (TPSA) is 28.2 Å². The van der Waals surface area contributed by atoms with Gasteiger partial charge in [-0.05, 0) is 24.5 Å². The minimum Gasteiger partial charge on any atom is -0.354 e. The lowest BCUT2D eigenvalue weighted by atomic mass is 10.1. The van der Waals surface area contributed by atoms with Crippen LogP contribution in [0.3, 0.4) is 0 Å². The van der Waals surface area contributed by atoms with E-state index in [1.807, 2.05) is 0 Å². The molecule has 94 valence electrons. The maximum Gasteiger partial charge on any atom is 0.134 e. The summed E-state index contributed by atoms with van der Waals surface area (Å²) in [7, 11) is 0. The fourth-order valence-corrected chi connectivity index (χ4v) is 2.55. The van der Waals surface area contributed by atoms with Crippen molar-refractivity contribution in [3.8, 4) is 0 Å². The lowest BCUT2D eigenvalue weighted by molar-refractivity contribution is 0.482. The van der Waals surface area contributed by atoms with Crippen LogP contribution in [0.1, 0.15) is 32.3 Å². The monoisotopic (exact) mass is 253 g/mol. The summed E-state index contributed by atoms with van der Waals surface area (Å²) < 4.78 is 0. The number of nitrogens with zero attached hydrogens (tertiary/aromatic N) is 2. The smallest absolute Gasteiger partial charge is 0.134 e. The van der Waals surface area contributed by atoms with Gasteiger partial charge in [-0.2, -0.15) is 0 Å². The normalized spacial score (nSPS) is 21.0. The Morgan fingerprint density at radius 2 is 2.24 bits per heavy atom. The summed E-state index contributed by atoms with van der Waals surface area (Å²) in [5, 5.41) is 4.07. The fraction of sp³-hybridized carbons (Fsp3) is 0.615. The van der Waals surface area contributed by atoms with Crippen LogP contribution in [0.4, 0.5) is 5.82 Å². The van der Waals surface area contributed by atoms with Gasteiger partial charge < -0.3 is 10.2 Å². The van der Waals surface area contributed by atoms with E-state index in [2.05, 4.69) is 48.1 Å². The molecular weight excluding hydrogens is 234 g/mol. The summed E-state index contributed by atoms with van der Waals surface area (Å²) >= 11 is 6.23. The van der Waals surface area contributed by atoms with Crippen molar-refractivity contribution in [1.82, 2.24) is 10.3 Å². The minimum atomic E-state index is 0.422. The number of rotatable bonds is 2. The molecule has 2 heterocycles. The average Bonchev–Trinajstić information content (AvgIpc) is 2.28. The second kappa shape index (κ2) is 5.23. The number of hydrogen-bond acceptors (Lipinski definition) is 3. The zero-order valence-corrected chi connectivity index (χ0v) is 11.5. The van der Waals surface area contributed by atoms with E-state index in [4.69, 9.17) is 11.6 Å². The predicted molar refractivity (Wildman–Crippen MR) is 73.0 cm³/mol. The zero-order chi connectivity index (χ0) is 12.4. The SMILES string of the molecule is CC(C)c1ccc(N2CCN[C@H](C)C2)nc1Cl. The number of aromatic nitrogens is 1. The molecule has 0 bridgehead atoms. The third kappa shape index (κ3) is 2.90. The molecule has 0 amide bonds. The third-order valence-electron chi connectivity index (χ3n) is 3.18. The first-order valence-electron chi connectivity index (χ1n) is 6.22. The molecule has 1 aromatic heterocycles. The Hall–Kier alpha value is -0.800. The maximum absolute atomic E-state index is 6.23. The molecule has 1 aliphatic heterocycles. The highest BCUT2D eigenvalue weighted by atomic mass is 35.5. The second-order valence-corrected chi connectivity index (χ2v) is 5.36. The molecule has 1 saturated heterocycles. The van der Waals surface area contributed by atoms with Crippen LogP contribution in [0.2, 0.25) is 5.15 Å². The fourth-order valence-electron chi connectivity index (χ4n) is 2.18. The summed E-state index contributed by atoms with van der Waals surface area (Å²) in [5.41, 5.74) is 1.12. The highest BCUT2D eigenvalue weighted by Gasteiger charge is 2.18. The number of hydrogen-bond donors (Lipinski definition) is 1. The summed E-state index contributed by atoms with van der Waals surface area (Å²) in [6.07, 6.45) is 0. The van der Waals surface area contributed by atoms with Gasteiger partial charge in [-0.1, -0.05) is 31.5 Å². The van der Waals surface area contributed by atoms with Gasteiger partial charge in [0.2, 0.25) is 0 Å². The van der Waals surface area contributed by atoms with Crippen LogP contribution in [-0.4, -0.2) is 30.7 Å². The van der Waals surface area contributed by atoms with Crippen LogP contribution in [-0.2, 0) is 0 Å². The van der Waals surface area contributed by atoms with Crippen molar-refractivity contribution in [1.29, 1.82) is 0 Å². The van der Waals surface area contributed by atoms with Gasteiger partial charge in [0, 0.05) is 25.7 Å². The summed E-state index contributed by atoms with van der Waals surface area (Å²) in [4.78, 5) is 6.80. The highest BCUT2D eigenvalue weighted by Crippen LogP contribution is 2.25. The minimum absolute atomic E-state index is 0.422. The Labute approximate surface area is 108 Å². The van der Waals surface area contributed by atoms with Crippen molar-refractivity contribution in [2.45, 2.75) is 32.7 Å². The third-order valence-corrected chi connectivity index (χ3v) is 3.48. The van der Waals surface area contributed by atoms with Crippen molar-refractivity contribution in [3.63, 3.8) is 0 Å². The highest BCUT2D eigenvalue weighted by molar-refractivity contribution is 6.30. The molecule has 0 aromatic carbocycles. The van der Waals surface area contributed by atoms with E-state index in [9.17, 15) is 0 Å². The summed E-state index contributed by atoms with van der Waals surface area (Å²) in [6, 6.07) is 4.69. The standard InChI is InChI=1S/C13H20ClN3/c1-9(2)11-4-5-12(16-13(11)14)17-7-6-15-10(3)8-17/h4-5,9-10,15H,6-8H2,1-3H3/t10-/m1/s1. The van der Waals surface area contributed by atoms with Gasteiger partial charge in [-0.3, -0.25) is 0 Å². The van der Waals surface area contributed by atoms with E-state index in [1.54, 1.807) is 0 Å². The predicted octanol–water partition coefficient (Wildman–Crippen LogP) is 2.66. The molecular formula is C13H20ClN3. The van der Waals surface area contributed by atoms with E-state index in [0.29, 0.717) is 17.1 Å². The van der Waals surface area contributed by atoms with E-state index in [0.717, 1.165) is 31.0 Å². The van der Waals surface area contributed by atoms with Crippen molar-refractivity contribution < 1.29 is 0 Å². The van der Waals surface area contributed by atoms with Gasteiger partial charge in [0.05, 0.1) is 0 Å². The Bertz CT molecular complexity index is 392. The average molecular weight is 254 g/mol. The zero-order valence-electron chi connectivity index (χ0n) is 10.7. The molecule has 1 atom stereocenters. The number of piperazine rings is 1. The van der Waals surface area contributed by atoms with Crippen molar-refractivity contribution >= 4 is 17.4 Å². The van der Waals surface area contributed by atoms with Crippen LogP contribution < -0.4 is 10.2 Å². The molecule has 17 heavy (non-hydrogen) atoms. The van der Waals surface area contributed by atoms with Crippen LogP contribution in [0, 0.1) is 0 Å². The van der Waals surface area contributed by atoms with Crippen molar-refractivity contribution in [2.75, 3.05) is 24.5 Å². The van der Waals surface area contributed by atoms with Gasteiger partial charge >= 0.3 is 0 Å². The van der Waals surface area contributed by atoms with Crippen LogP contribution in [0.25, 0.3) is 0 Å². The molecule has 0 radical (unpaired) electrons. The first-order chi connectivity index (χ1) is 8.08. The Morgan fingerprint density at radius 1 is 1.47 bits per heavy atom. The van der Waals surface area contributed by atoms with E-state index in [1.165, 1.54) is 0 Å². The molecule has 1 aromatic rings. The van der Waals surface area contributed by atoms with Crippen molar-refractivity contribution in [2.24, 2.45) is 0 Å². The molecule has 4 heteroatoms. The van der Waals surface area contributed by atoms with Gasteiger partial charge in [0.1, 0.15) is 11.0 Å². The van der Waals surface area contributed by atoms with Gasteiger partial charge in [-0.15, -0.1) is 0 Å². The van der Waals surface area contributed by atoms with E-state index < -0.39 is 0 Å². The molecule has 2 rings (SSSR count). The lowest BCUT2D eigenvalue weighted by Gasteiger charge is -2.33. The van der Waals surface area contributed by atoms with Gasteiger partial charge in [0.25, 0.3) is 0 Å². The number of nitrogens with one attached hydrogen (secondary N) is 1. The Morgan fingerprint density at radius 3 is 2.82 bits per heavy atom. The second-order valence-electron chi connectivity index (χ2n) is 5.01. The first-order valence-corrected chi connectivity index (χ1v) is 6.60. The van der Waals surface area contributed by atoms with E-state index >= 15 is 0 Å². The molecule has 0 spiro atoms. The number of halogens is 1. The molecule has 0 unspecified atom stereocenters. The van der Waals surface area contributed by atoms with Crippen LogP contribution in [0.5, 0.6) is 0 Å². The number of anilines is 1. The first kappa shape index (κ1) is 12.7. The molecule has 0 saturated carbocycles. The molecule has 1 aliphatic rings. The maximum atomic E-state index is 6.23. The van der Waals surface area contributed by atoms with E-state index in [-0.39, 0.29) is 0 Å². The molecule has 1 N–H and O–H groups in total. The largest absolute Gasteiger partial charge is 0.354 e. The van der Waals surface area contributed by atoms with Crippen LogP contribution >= 0.6 is 11.6 Å². The summed E-state index contributed by atoms with van der Waals surface area (Å²) in [5.74, 6) is 1.42. The van der Waals surface area contributed by atoms with Gasteiger partial charge in [0.15, 0.2) is 0 Å². The quantitative estimate of drug-likeness (QED) is 0.822. The lowest BCUT2D eigenvalue weighted by Crippen LogP contribution is -2.49. The summed E-state index contributed by atoms with van der Waals surface area (Å²) in [6.45, 7) is 9.45. The van der Waals surface area contributed by atoms with Crippen LogP contribution in [0.15, 0.2) is 12.1 Å². The molecule has 3 nitrogen and oxygen atoms in total. The van der Waals surface area contributed by atoms with Gasteiger partial charge in [-0.25, -0.2) is 4.98 Å². The molecule has 1 fully saturated rings. The Kier molecular flexibility index (Phi) is 3.89. The van der Waals surface area contributed by atoms with Crippen molar-refractivity contribution in [3.05, 3.63) is 22.8 Å².